The van der Waals surface area contributed by atoms with Gasteiger partial charge < -0.3 is 15.7 Å². The Morgan fingerprint density at radius 1 is 1.06 bits per heavy atom. The molecule has 1 heterocycles. The number of anilines is 2. The van der Waals surface area contributed by atoms with Gasteiger partial charge in [-0.15, -0.1) is 0 Å². The largest absolute Gasteiger partial charge is 0.391 e. The number of carbonyl (C=O) groups is 1. The van der Waals surface area contributed by atoms with Crippen molar-refractivity contribution < 1.29 is 9.90 Å². The molecule has 8 heteroatoms. The molecule has 0 aliphatic rings. The van der Waals surface area contributed by atoms with Crippen LogP contribution in [-0.2, 0) is 13.6 Å². The van der Waals surface area contributed by atoms with Crippen molar-refractivity contribution in [3.8, 4) is 0 Å². The minimum atomic E-state index is -0.731. The van der Waals surface area contributed by atoms with E-state index in [9.17, 15) is 19.5 Å². The van der Waals surface area contributed by atoms with Crippen LogP contribution in [-0.4, -0.2) is 39.2 Å². The molecule has 3 N–H and O–H groups in total. The first kappa shape index (κ1) is 23.0. The van der Waals surface area contributed by atoms with Gasteiger partial charge in [0, 0.05) is 19.3 Å². The van der Waals surface area contributed by atoms with Crippen LogP contribution >= 0.6 is 0 Å². The third kappa shape index (κ3) is 4.97. The summed E-state index contributed by atoms with van der Waals surface area (Å²) in [6.07, 6.45) is -0.126. The van der Waals surface area contributed by atoms with Crippen LogP contribution in [0.15, 0.2) is 70.3 Å². The van der Waals surface area contributed by atoms with Gasteiger partial charge in [-0.05, 0) is 24.1 Å². The number of ketones is 1. The Labute approximate surface area is 186 Å². The van der Waals surface area contributed by atoms with Crippen molar-refractivity contribution in [3.63, 3.8) is 0 Å². The van der Waals surface area contributed by atoms with E-state index in [2.05, 4.69) is 0 Å². The van der Waals surface area contributed by atoms with E-state index in [0.717, 1.165) is 15.8 Å². The molecule has 0 saturated heterocycles. The van der Waals surface area contributed by atoms with Gasteiger partial charge in [0.25, 0.3) is 5.56 Å². The summed E-state index contributed by atoms with van der Waals surface area (Å²) in [6, 6.07) is 18.4. The predicted molar refractivity (Wildman–Crippen MR) is 125 cm³/mol. The van der Waals surface area contributed by atoms with E-state index in [-0.39, 0.29) is 31.0 Å². The summed E-state index contributed by atoms with van der Waals surface area (Å²) in [5.41, 5.74) is 6.21. The molecule has 0 saturated carbocycles. The first-order valence-corrected chi connectivity index (χ1v) is 10.5. The van der Waals surface area contributed by atoms with Crippen LogP contribution in [0.5, 0.6) is 0 Å². The summed E-state index contributed by atoms with van der Waals surface area (Å²) in [4.78, 5) is 40.5. The lowest BCUT2D eigenvalue weighted by Crippen LogP contribution is -2.45. The van der Waals surface area contributed by atoms with Crippen LogP contribution in [0.3, 0.4) is 0 Å². The smallest absolute Gasteiger partial charge is 0.332 e. The molecular formula is C24H28N4O4. The Kier molecular flexibility index (Phi) is 7.27. The fraction of sp³-hybridized carbons (Fsp3) is 0.292. The van der Waals surface area contributed by atoms with Crippen LogP contribution in [0.1, 0.15) is 29.3 Å². The lowest BCUT2D eigenvalue weighted by Gasteiger charge is -2.26. The molecule has 8 nitrogen and oxygen atoms in total. The molecule has 0 aliphatic heterocycles. The summed E-state index contributed by atoms with van der Waals surface area (Å²) >= 11 is 0. The second-order valence-corrected chi connectivity index (χ2v) is 7.68. The van der Waals surface area contributed by atoms with Gasteiger partial charge in [-0.2, -0.15) is 0 Å². The highest BCUT2D eigenvalue weighted by atomic mass is 16.3. The fourth-order valence-electron chi connectivity index (χ4n) is 3.50. The minimum Gasteiger partial charge on any atom is -0.391 e. The number of nitrogens with zero attached hydrogens (tertiary/aromatic N) is 3. The molecule has 1 aromatic heterocycles. The molecular weight excluding hydrogens is 408 g/mol. The topological polar surface area (TPSA) is 111 Å². The SMILES string of the molecule is CCC(O)CN(CC(=O)c1c(N)n(Cc2ccccc2)c(=O)n(C)c1=O)c1ccccc1. The number of nitrogen functional groups attached to an aromatic ring is 1. The lowest BCUT2D eigenvalue weighted by molar-refractivity contribution is 0.0992. The fourth-order valence-corrected chi connectivity index (χ4v) is 3.50. The summed E-state index contributed by atoms with van der Waals surface area (Å²) in [6.45, 7) is 2.04. The van der Waals surface area contributed by atoms with Crippen molar-refractivity contribution in [3.05, 3.63) is 92.6 Å². The summed E-state index contributed by atoms with van der Waals surface area (Å²) < 4.78 is 2.14. The van der Waals surface area contributed by atoms with Crippen molar-refractivity contribution in [2.45, 2.75) is 26.0 Å². The molecule has 1 atom stereocenters. The number of hydrogen-bond acceptors (Lipinski definition) is 6. The van der Waals surface area contributed by atoms with Crippen LogP contribution in [0.4, 0.5) is 11.5 Å². The molecule has 0 fully saturated rings. The maximum Gasteiger partial charge on any atom is 0.332 e. The van der Waals surface area contributed by atoms with Crippen molar-refractivity contribution in [2.24, 2.45) is 7.05 Å². The quantitative estimate of drug-likeness (QED) is 0.494. The Bertz CT molecular complexity index is 1190. The third-order valence-corrected chi connectivity index (χ3v) is 5.40. The highest BCUT2D eigenvalue weighted by Crippen LogP contribution is 2.16. The predicted octanol–water partition coefficient (Wildman–Crippen LogP) is 1.64. The van der Waals surface area contributed by atoms with E-state index in [1.54, 1.807) is 4.90 Å². The molecule has 32 heavy (non-hydrogen) atoms. The van der Waals surface area contributed by atoms with E-state index in [1.165, 1.54) is 11.6 Å². The van der Waals surface area contributed by atoms with Crippen molar-refractivity contribution >= 4 is 17.3 Å². The molecule has 0 bridgehead atoms. The van der Waals surface area contributed by atoms with E-state index in [1.807, 2.05) is 67.6 Å². The normalized spacial score (nSPS) is 11.8. The number of Topliss-reactive ketones (excluding diaryl/α,β-unsaturated/α-hetero) is 1. The number of nitrogens with two attached hydrogens (primary N) is 1. The van der Waals surface area contributed by atoms with E-state index >= 15 is 0 Å². The number of aromatic nitrogens is 2. The van der Waals surface area contributed by atoms with Crippen molar-refractivity contribution in [2.75, 3.05) is 23.7 Å². The second kappa shape index (κ2) is 10.1. The average molecular weight is 437 g/mol. The Morgan fingerprint density at radius 3 is 2.25 bits per heavy atom. The summed E-state index contributed by atoms with van der Waals surface area (Å²) in [5.74, 6) is -0.673. The molecule has 0 radical (unpaired) electrons. The number of aliphatic hydroxyl groups is 1. The monoisotopic (exact) mass is 436 g/mol. The average Bonchev–Trinajstić information content (AvgIpc) is 2.81. The number of carbonyl (C=O) groups excluding carboxylic acids is 1. The van der Waals surface area contributed by atoms with Crippen LogP contribution in [0.25, 0.3) is 0 Å². The first-order valence-electron chi connectivity index (χ1n) is 10.5. The zero-order valence-electron chi connectivity index (χ0n) is 18.3. The third-order valence-electron chi connectivity index (χ3n) is 5.40. The number of rotatable bonds is 9. The molecule has 2 aromatic carbocycles. The van der Waals surface area contributed by atoms with Crippen molar-refractivity contribution in [1.82, 2.24) is 9.13 Å². The Balaban J connectivity index is 2.01. The minimum absolute atomic E-state index is 0.136. The molecule has 0 aliphatic carbocycles. The zero-order valence-corrected chi connectivity index (χ0v) is 18.3. The molecule has 168 valence electrons. The van der Waals surface area contributed by atoms with Crippen molar-refractivity contribution in [1.29, 1.82) is 0 Å². The number of aliphatic hydroxyl groups excluding tert-OH is 1. The maximum absolute atomic E-state index is 13.3. The van der Waals surface area contributed by atoms with Gasteiger partial charge >= 0.3 is 5.69 Å². The first-order chi connectivity index (χ1) is 15.3. The number of benzene rings is 2. The second-order valence-electron chi connectivity index (χ2n) is 7.68. The highest BCUT2D eigenvalue weighted by molar-refractivity contribution is 6.02. The van der Waals surface area contributed by atoms with Crippen LogP contribution in [0, 0.1) is 0 Å². The highest BCUT2D eigenvalue weighted by Gasteiger charge is 2.24. The molecule has 3 rings (SSSR count). The number of hydrogen-bond donors (Lipinski definition) is 2. The van der Waals surface area contributed by atoms with Gasteiger partial charge in [-0.25, -0.2) is 4.79 Å². The van der Waals surface area contributed by atoms with Gasteiger partial charge in [-0.1, -0.05) is 55.5 Å². The van der Waals surface area contributed by atoms with E-state index in [0.29, 0.717) is 6.42 Å². The molecule has 0 spiro atoms. The Hall–Kier alpha value is -3.65. The van der Waals surface area contributed by atoms with E-state index < -0.39 is 23.1 Å². The maximum atomic E-state index is 13.3. The number of para-hydroxylation sites is 1. The standard InChI is InChI=1S/C24H28N4O4/c1-3-19(29)15-27(18-12-8-5-9-13-18)16-20(30)21-22(25)28(24(32)26(2)23(21)31)14-17-10-6-4-7-11-17/h4-13,19,29H,3,14-16,25H2,1-2H3. The zero-order chi connectivity index (χ0) is 23.3. The van der Waals surface area contributed by atoms with Gasteiger partial charge in [-0.3, -0.25) is 18.7 Å². The van der Waals surface area contributed by atoms with Crippen LogP contribution in [0.2, 0.25) is 0 Å². The van der Waals surface area contributed by atoms with Gasteiger partial charge in [0.1, 0.15) is 11.4 Å². The molecule has 3 aromatic rings. The summed E-state index contributed by atoms with van der Waals surface area (Å²) in [5, 5.41) is 10.2. The molecule has 1 unspecified atom stereocenters. The van der Waals surface area contributed by atoms with Crippen LogP contribution < -0.4 is 21.9 Å². The van der Waals surface area contributed by atoms with E-state index in [4.69, 9.17) is 5.73 Å². The van der Waals surface area contributed by atoms with Gasteiger partial charge in [0.05, 0.1) is 19.2 Å². The molecule has 0 amide bonds. The van der Waals surface area contributed by atoms with Gasteiger partial charge in [0.15, 0.2) is 5.78 Å². The van der Waals surface area contributed by atoms with Gasteiger partial charge in [0.2, 0.25) is 0 Å². The summed E-state index contributed by atoms with van der Waals surface area (Å²) in [7, 11) is 1.33. The lowest BCUT2D eigenvalue weighted by atomic mass is 10.1. The Morgan fingerprint density at radius 2 is 1.66 bits per heavy atom.